The summed E-state index contributed by atoms with van der Waals surface area (Å²) in [6, 6.07) is 21.5. The van der Waals surface area contributed by atoms with Gasteiger partial charge in [-0.15, -0.1) is 0 Å². The van der Waals surface area contributed by atoms with Crippen LogP contribution in [0.15, 0.2) is 73.1 Å². The van der Waals surface area contributed by atoms with Crippen LogP contribution in [0.3, 0.4) is 0 Å². The molecule has 1 aromatic heterocycles. The Balaban J connectivity index is 1.62. The Labute approximate surface area is 142 Å². The minimum absolute atomic E-state index is 0.237. The first-order valence-electron chi connectivity index (χ1n) is 8.28. The molecule has 0 spiro atoms. The molecule has 2 N–H and O–H groups in total. The predicted molar refractivity (Wildman–Crippen MR) is 95.4 cm³/mol. The van der Waals surface area contributed by atoms with Crippen molar-refractivity contribution in [3.63, 3.8) is 0 Å². The summed E-state index contributed by atoms with van der Waals surface area (Å²) in [6.45, 7) is 1.65. The molecule has 1 fully saturated rings. The number of rotatable bonds is 4. The van der Waals surface area contributed by atoms with Crippen LogP contribution < -0.4 is 5.73 Å². The van der Waals surface area contributed by atoms with Crippen molar-refractivity contribution in [3.05, 3.63) is 89.7 Å². The normalized spacial score (nSPS) is 17.0. The molecule has 4 rings (SSSR count). The summed E-state index contributed by atoms with van der Waals surface area (Å²) < 4.78 is 1.82. The van der Waals surface area contributed by atoms with E-state index >= 15 is 0 Å². The van der Waals surface area contributed by atoms with E-state index in [0.717, 1.165) is 18.7 Å². The molecule has 0 radical (unpaired) electrons. The van der Waals surface area contributed by atoms with Gasteiger partial charge in [0, 0.05) is 31.9 Å². The fourth-order valence-corrected chi connectivity index (χ4v) is 3.61. The highest BCUT2D eigenvalue weighted by molar-refractivity contribution is 5.34. The molecule has 0 unspecified atom stereocenters. The third-order valence-electron chi connectivity index (χ3n) is 4.85. The number of aromatic nitrogens is 2. The van der Waals surface area contributed by atoms with Crippen LogP contribution in [0.25, 0.3) is 0 Å². The van der Waals surface area contributed by atoms with E-state index in [2.05, 4.69) is 70.7 Å². The zero-order valence-electron chi connectivity index (χ0n) is 13.8. The number of aryl methyl sites for hydroxylation is 1. The third kappa shape index (κ3) is 2.64. The molecule has 0 amide bonds. The smallest absolute Gasteiger partial charge is 0.0699 e. The molecular weight excluding hydrogens is 296 g/mol. The van der Waals surface area contributed by atoms with E-state index in [1.807, 2.05) is 24.1 Å². The Morgan fingerprint density at radius 1 is 0.958 bits per heavy atom. The first-order valence-corrected chi connectivity index (χ1v) is 8.28. The monoisotopic (exact) mass is 318 g/mol. The lowest BCUT2D eigenvalue weighted by atomic mass is 9.82. The van der Waals surface area contributed by atoms with Gasteiger partial charge in [0.15, 0.2) is 0 Å². The number of likely N-dealkylation sites (tertiary alicyclic amines) is 1. The summed E-state index contributed by atoms with van der Waals surface area (Å²) in [5.74, 6) is 0. The van der Waals surface area contributed by atoms with Crippen molar-refractivity contribution in [2.45, 2.75) is 11.6 Å². The van der Waals surface area contributed by atoms with Gasteiger partial charge in [0.25, 0.3) is 0 Å². The van der Waals surface area contributed by atoms with Crippen LogP contribution >= 0.6 is 0 Å². The quantitative estimate of drug-likeness (QED) is 0.804. The lowest BCUT2D eigenvalue weighted by molar-refractivity contribution is 0.0406. The zero-order valence-corrected chi connectivity index (χ0v) is 13.8. The molecule has 0 aliphatic carbocycles. The van der Waals surface area contributed by atoms with Crippen LogP contribution in [0.5, 0.6) is 0 Å². The second-order valence-corrected chi connectivity index (χ2v) is 6.69. The Morgan fingerprint density at radius 3 is 1.96 bits per heavy atom. The van der Waals surface area contributed by atoms with Gasteiger partial charge in [0.1, 0.15) is 0 Å². The fourth-order valence-electron chi connectivity index (χ4n) is 3.61. The van der Waals surface area contributed by atoms with E-state index in [1.54, 1.807) is 0 Å². The topological polar surface area (TPSA) is 47.1 Å². The number of benzene rings is 2. The third-order valence-corrected chi connectivity index (χ3v) is 4.85. The standard InChI is InChI=1S/C20H22N4/c1-23-13-18(12-22-23)20(21)14-24(15-20)19(16-8-4-2-5-9-16)17-10-6-3-7-11-17/h2-13,19H,14-15,21H2,1H3. The van der Waals surface area contributed by atoms with Crippen LogP contribution in [0.1, 0.15) is 22.7 Å². The van der Waals surface area contributed by atoms with E-state index in [0.29, 0.717) is 0 Å². The minimum Gasteiger partial charge on any atom is -0.319 e. The van der Waals surface area contributed by atoms with Gasteiger partial charge < -0.3 is 5.73 Å². The molecule has 3 aromatic rings. The number of hydrogen-bond donors (Lipinski definition) is 1. The molecular formula is C20H22N4. The highest BCUT2D eigenvalue weighted by Gasteiger charge is 2.45. The molecule has 1 aliphatic rings. The number of nitrogens with two attached hydrogens (primary N) is 1. The maximum atomic E-state index is 6.63. The summed E-state index contributed by atoms with van der Waals surface area (Å²) in [4.78, 5) is 2.44. The second-order valence-electron chi connectivity index (χ2n) is 6.69. The Kier molecular flexibility index (Phi) is 3.71. The van der Waals surface area contributed by atoms with Crippen LogP contribution in [-0.4, -0.2) is 27.8 Å². The molecule has 122 valence electrons. The molecule has 1 saturated heterocycles. The van der Waals surface area contributed by atoms with Crippen LogP contribution in [0, 0.1) is 0 Å². The maximum Gasteiger partial charge on any atom is 0.0699 e. The van der Waals surface area contributed by atoms with Crippen molar-refractivity contribution < 1.29 is 0 Å². The van der Waals surface area contributed by atoms with Crippen LogP contribution in [-0.2, 0) is 12.6 Å². The van der Waals surface area contributed by atoms with Gasteiger partial charge in [0.05, 0.1) is 17.8 Å². The van der Waals surface area contributed by atoms with Crippen molar-refractivity contribution in [2.75, 3.05) is 13.1 Å². The summed E-state index contributed by atoms with van der Waals surface area (Å²) in [7, 11) is 1.93. The van der Waals surface area contributed by atoms with Crippen molar-refractivity contribution in [1.29, 1.82) is 0 Å². The largest absolute Gasteiger partial charge is 0.319 e. The summed E-state index contributed by atoms with van der Waals surface area (Å²) in [5.41, 5.74) is 10.0. The summed E-state index contributed by atoms with van der Waals surface area (Å²) in [5, 5.41) is 4.27. The Bertz CT molecular complexity index is 764. The molecule has 24 heavy (non-hydrogen) atoms. The fraction of sp³-hybridized carbons (Fsp3) is 0.250. The van der Waals surface area contributed by atoms with Crippen LogP contribution in [0.4, 0.5) is 0 Å². The molecule has 0 bridgehead atoms. The van der Waals surface area contributed by atoms with E-state index in [4.69, 9.17) is 5.73 Å². The van der Waals surface area contributed by atoms with E-state index < -0.39 is 0 Å². The summed E-state index contributed by atoms with van der Waals surface area (Å²) >= 11 is 0. The van der Waals surface area contributed by atoms with Crippen molar-refractivity contribution >= 4 is 0 Å². The number of hydrogen-bond acceptors (Lipinski definition) is 3. The van der Waals surface area contributed by atoms with Gasteiger partial charge in [-0.1, -0.05) is 60.7 Å². The number of nitrogens with zero attached hydrogens (tertiary/aromatic N) is 3. The molecule has 4 heteroatoms. The SMILES string of the molecule is Cn1cc(C2(N)CN(C(c3ccccc3)c3ccccc3)C2)cn1. The van der Waals surface area contributed by atoms with Gasteiger partial charge in [-0.3, -0.25) is 9.58 Å². The van der Waals surface area contributed by atoms with Crippen molar-refractivity contribution in [3.8, 4) is 0 Å². The van der Waals surface area contributed by atoms with E-state index in [1.165, 1.54) is 11.1 Å². The minimum atomic E-state index is -0.309. The van der Waals surface area contributed by atoms with Gasteiger partial charge in [-0.05, 0) is 11.1 Å². The highest BCUT2D eigenvalue weighted by Crippen LogP contribution is 2.38. The molecule has 1 aliphatic heterocycles. The highest BCUT2D eigenvalue weighted by atomic mass is 15.3. The maximum absolute atomic E-state index is 6.63. The lowest BCUT2D eigenvalue weighted by Crippen LogP contribution is -2.65. The predicted octanol–water partition coefficient (Wildman–Crippen LogP) is 2.68. The Hall–Kier alpha value is -2.43. The first-order chi connectivity index (χ1) is 11.7. The Morgan fingerprint density at radius 2 is 1.50 bits per heavy atom. The van der Waals surface area contributed by atoms with Gasteiger partial charge in [-0.2, -0.15) is 5.10 Å². The van der Waals surface area contributed by atoms with Gasteiger partial charge in [0.2, 0.25) is 0 Å². The average Bonchev–Trinajstić information content (AvgIpc) is 3.02. The lowest BCUT2D eigenvalue weighted by Gasteiger charge is -2.51. The molecule has 4 nitrogen and oxygen atoms in total. The van der Waals surface area contributed by atoms with Gasteiger partial charge in [-0.25, -0.2) is 0 Å². The van der Waals surface area contributed by atoms with Crippen molar-refractivity contribution in [2.24, 2.45) is 12.8 Å². The van der Waals surface area contributed by atoms with Crippen LogP contribution in [0.2, 0.25) is 0 Å². The molecule has 2 aromatic carbocycles. The molecule has 2 heterocycles. The molecule has 0 atom stereocenters. The first kappa shape index (κ1) is 15.1. The average molecular weight is 318 g/mol. The molecule has 0 saturated carbocycles. The van der Waals surface area contributed by atoms with E-state index in [9.17, 15) is 0 Å². The van der Waals surface area contributed by atoms with Gasteiger partial charge >= 0.3 is 0 Å². The second kappa shape index (κ2) is 5.89. The zero-order chi connectivity index (χ0) is 16.6. The summed E-state index contributed by atoms with van der Waals surface area (Å²) in [6.07, 6.45) is 3.91. The van der Waals surface area contributed by atoms with E-state index in [-0.39, 0.29) is 11.6 Å². The van der Waals surface area contributed by atoms with Crippen molar-refractivity contribution in [1.82, 2.24) is 14.7 Å².